The second-order valence-electron chi connectivity index (χ2n) is 6.28. The lowest BCUT2D eigenvalue weighted by molar-refractivity contribution is -0.132. The van der Waals surface area contributed by atoms with Crippen LogP contribution in [0.15, 0.2) is 18.2 Å². The average Bonchev–Trinajstić information content (AvgIpc) is 2.60. The molecule has 1 aromatic rings. The molecule has 2 rings (SSSR count). The molecule has 0 radical (unpaired) electrons. The number of carbonyl (C=O) groups excluding carboxylic acids is 2. The summed E-state index contributed by atoms with van der Waals surface area (Å²) in [6, 6.07) is 4.84. The van der Waals surface area contributed by atoms with Crippen molar-refractivity contribution in [3.63, 3.8) is 0 Å². The largest absolute Gasteiger partial charge is 0.339 e. The summed E-state index contributed by atoms with van der Waals surface area (Å²) in [5, 5.41) is 0.888. The van der Waals surface area contributed by atoms with Crippen LogP contribution in [-0.4, -0.2) is 54.3 Å². The zero-order valence-corrected chi connectivity index (χ0v) is 17.1. The van der Waals surface area contributed by atoms with Crippen molar-refractivity contribution >= 4 is 47.4 Å². The second kappa shape index (κ2) is 11.7. The van der Waals surface area contributed by atoms with E-state index in [4.69, 9.17) is 28.9 Å². The Morgan fingerprint density at radius 2 is 1.42 bits per heavy atom. The van der Waals surface area contributed by atoms with Crippen LogP contribution < -0.4 is 5.73 Å². The van der Waals surface area contributed by atoms with Crippen molar-refractivity contribution in [1.29, 1.82) is 0 Å². The van der Waals surface area contributed by atoms with Gasteiger partial charge in [0.05, 0.1) is 0 Å². The smallest absolute Gasteiger partial charge is 0.254 e. The molecule has 0 spiro atoms. The highest BCUT2D eigenvalue weighted by atomic mass is 35.5. The first-order valence-electron chi connectivity index (χ1n) is 8.74. The normalized spacial score (nSPS) is 14.1. The standard InChI is InChI=1S/C18H25Cl2N3O2.ClH/c19-15-11-14(12-16(20)13-15)18(25)23-9-7-22(8-10-23)17(24)5-3-1-2-4-6-21;/h11-13H,1-10,21H2;1H. The fourth-order valence-electron chi connectivity index (χ4n) is 2.95. The van der Waals surface area contributed by atoms with E-state index in [9.17, 15) is 9.59 Å². The molecule has 0 saturated carbocycles. The predicted molar refractivity (Wildman–Crippen MR) is 108 cm³/mol. The van der Waals surface area contributed by atoms with E-state index in [-0.39, 0.29) is 24.2 Å². The van der Waals surface area contributed by atoms with Gasteiger partial charge in [0, 0.05) is 48.2 Å². The molecule has 146 valence electrons. The highest BCUT2D eigenvalue weighted by molar-refractivity contribution is 6.35. The van der Waals surface area contributed by atoms with Gasteiger partial charge in [-0.25, -0.2) is 0 Å². The van der Waals surface area contributed by atoms with Crippen LogP contribution in [-0.2, 0) is 4.79 Å². The van der Waals surface area contributed by atoms with Gasteiger partial charge in [0.25, 0.3) is 5.91 Å². The van der Waals surface area contributed by atoms with Crippen molar-refractivity contribution in [3.05, 3.63) is 33.8 Å². The summed E-state index contributed by atoms with van der Waals surface area (Å²) in [6.07, 6.45) is 4.61. The molecule has 2 amide bonds. The molecule has 1 saturated heterocycles. The SMILES string of the molecule is Cl.NCCCCCCC(=O)N1CCN(C(=O)c2cc(Cl)cc(Cl)c2)CC1. The number of carbonyl (C=O) groups is 2. The molecule has 1 aliphatic rings. The van der Waals surface area contributed by atoms with E-state index in [1.807, 2.05) is 4.90 Å². The number of piperazine rings is 1. The Hall–Kier alpha value is -1.01. The molecule has 5 nitrogen and oxygen atoms in total. The first kappa shape index (κ1) is 23.0. The Labute approximate surface area is 171 Å². The molecule has 1 fully saturated rings. The van der Waals surface area contributed by atoms with Gasteiger partial charge in [-0.3, -0.25) is 9.59 Å². The summed E-state index contributed by atoms with van der Waals surface area (Å²) >= 11 is 11.9. The highest BCUT2D eigenvalue weighted by Gasteiger charge is 2.24. The molecule has 2 N–H and O–H groups in total. The fraction of sp³-hybridized carbons (Fsp3) is 0.556. The van der Waals surface area contributed by atoms with Crippen molar-refractivity contribution in [1.82, 2.24) is 9.80 Å². The Bertz CT molecular complexity index is 585. The molecule has 0 unspecified atom stereocenters. The number of nitrogens with two attached hydrogens (primary N) is 1. The maximum absolute atomic E-state index is 12.5. The number of amides is 2. The predicted octanol–water partition coefficient (Wildman–Crippen LogP) is 3.61. The van der Waals surface area contributed by atoms with Gasteiger partial charge in [-0.1, -0.05) is 36.0 Å². The van der Waals surface area contributed by atoms with Crippen LogP contribution in [0.5, 0.6) is 0 Å². The molecule has 0 aliphatic carbocycles. The monoisotopic (exact) mass is 421 g/mol. The van der Waals surface area contributed by atoms with E-state index in [1.54, 1.807) is 23.1 Å². The van der Waals surface area contributed by atoms with Crippen LogP contribution in [0, 0.1) is 0 Å². The third kappa shape index (κ3) is 6.95. The lowest BCUT2D eigenvalue weighted by Crippen LogP contribution is -2.50. The van der Waals surface area contributed by atoms with Crippen LogP contribution in [0.2, 0.25) is 10.0 Å². The van der Waals surface area contributed by atoms with E-state index < -0.39 is 0 Å². The minimum absolute atomic E-state index is 0. The summed E-state index contributed by atoms with van der Waals surface area (Å²) in [6.45, 7) is 2.91. The first-order chi connectivity index (χ1) is 12.0. The highest BCUT2D eigenvalue weighted by Crippen LogP contribution is 2.21. The summed E-state index contributed by atoms with van der Waals surface area (Å²) in [5.41, 5.74) is 5.94. The van der Waals surface area contributed by atoms with E-state index in [2.05, 4.69) is 0 Å². The topological polar surface area (TPSA) is 66.6 Å². The Morgan fingerprint density at radius 3 is 2.00 bits per heavy atom. The van der Waals surface area contributed by atoms with Crippen LogP contribution in [0.3, 0.4) is 0 Å². The van der Waals surface area contributed by atoms with Gasteiger partial charge in [0.1, 0.15) is 0 Å². The van der Waals surface area contributed by atoms with Crippen LogP contribution in [0.25, 0.3) is 0 Å². The van der Waals surface area contributed by atoms with Crippen molar-refractivity contribution in [3.8, 4) is 0 Å². The number of unbranched alkanes of at least 4 members (excludes halogenated alkanes) is 3. The van der Waals surface area contributed by atoms with Gasteiger partial charge >= 0.3 is 0 Å². The van der Waals surface area contributed by atoms with Gasteiger partial charge in [-0.05, 0) is 37.6 Å². The summed E-state index contributed by atoms with van der Waals surface area (Å²) in [7, 11) is 0. The molecule has 1 aliphatic heterocycles. The molecule has 0 atom stereocenters. The molecule has 1 heterocycles. The Morgan fingerprint density at radius 1 is 0.885 bits per heavy atom. The average molecular weight is 423 g/mol. The lowest BCUT2D eigenvalue weighted by atomic mass is 10.1. The maximum Gasteiger partial charge on any atom is 0.254 e. The van der Waals surface area contributed by atoms with Crippen molar-refractivity contribution in [2.45, 2.75) is 32.1 Å². The van der Waals surface area contributed by atoms with Crippen LogP contribution >= 0.6 is 35.6 Å². The number of halogens is 3. The Balaban J connectivity index is 0.00000338. The molecule has 0 bridgehead atoms. The third-order valence-electron chi connectivity index (χ3n) is 4.37. The quantitative estimate of drug-likeness (QED) is 0.683. The lowest BCUT2D eigenvalue weighted by Gasteiger charge is -2.35. The van der Waals surface area contributed by atoms with Crippen LogP contribution in [0.4, 0.5) is 0 Å². The molecular weight excluding hydrogens is 397 g/mol. The van der Waals surface area contributed by atoms with Crippen molar-refractivity contribution in [2.75, 3.05) is 32.7 Å². The van der Waals surface area contributed by atoms with Crippen LogP contribution in [0.1, 0.15) is 42.5 Å². The number of benzene rings is 1. The van der Waals surface area contributed by atoms with E-state index >= 15 is 0 Å². The minimum atomic E-state index is -0.0988. The van der Waals surface area contributed by atoms with Gasteiger partial charge in [-0.2, -0.15) is 0 Å². The minimum Gasteiger partial charge on any atom is -0.339 e. The van der Waals surface area contributed by atoms with E-state index in [0.29, 0.717) is 54.8 Å². The van der Waals surface area contributed by atoms with Gasteiger partial charge in [0.2, 0.25) is 5.91 Å². The second-order valence-corrected chi connectivity index (χ2v) is 7.16. The molecule has 1 aromatic carbocycles. The summed E-state index contributed by atoms with van der Waals surface area (Å²) in [4.78, 5) is 28.4. The van der Waals surface area contributed by atoms with Crippen molar-refractivity contribution in [2.24, 2.45) is 5.73 Å². The number of nitrogens with zero attached hydrogens (tertiary/aromatic N) is 2. The van der Waals surface area contributed by atoms with Crippen molar-refractivity contribution < 1.29 is 9.59 Å². The molecular formula is C18H26Cl3N3O2. The fourth-order valence-corrected chi connectivity index (χ4v) is 3.48. The molecule has 0 aromatic heterocycles. The number of hydrogen-bond donors (Lipinski definition) is 1. The first-order valence-corrected chi connectivity index (χ1v) is 9.50. The molecule has 26 heavy (non-hydrogen) atoms. The number of hydrogen-bond acceptors (Lipinski definition) is 3. The zero-order chi connectivity index (χ0) is 18.2. The van der Waals surface area contributed by atoms with Gasteiger partial charge < -0.3 is 15.5 Å². The third-order valence-corrected chi connectivity index (χ3v) is 4.81. The van der Waals surface area contributed by atoms with Gasteiger partial charge in [-0.15, -0.1) is 12.4 Å². The van der Waals surface area contributed by atoms with Gasteiger partial charge in [0.15, 0.2) is 0 Å². The van der Waals surface area contributed by atoms with E-state index in [0.717, 1.165) is 25.7 Å². The number of rotatable bonds is 7. The summed E-state index contributed by atoms with van der Waals surface area (Å²) in [5.74, 6) is 0.0731. The van der Waals surface area contributed by atoms with E-state index in [1.165, 1.54) is 0 Å². The summed E-state index contributed by atoms with van der Waals surface area (Å²) < 4.78 is 0. The Kier molecular flexibility index (Phi) is 10.3. The maximum atomic E-state index is 12.5. The molecule has 8 heteroatoms. The zero-order valence-electron chi connectivity index (χ0n) is 14.8.